The second kappa shape index (κ2) is 3.48. The number of rotatable bonds is 4. The van der Waals surface area contributed by atoms with Crippen molar-refractivity contribution >= 4 is 13.9 Å². The van der Waals surface area contributed by atoms with Gasteiger partial charge in [-0.2, -0.15) is 0 Å². The zero-order valence-corrected chi connectivity index (χ0v) is 7.54. The lowest BCUT2D eigenvalue weighted by atomic mass is 10.1. The molecule has 0 saturated heterocycles. The summed E-state index contributed by atoms with van der Waals surface area (Å²) in [6.07, 6.45) is 0.725. The van der Waals surface area contributed by atoms with Crippen molar-refractivity contribution in [1.82, 2.24) is 0 Å². The molecule has 4 nitrogen and oxygen atoms in total. The van der Waals surface area contributed by atoms with Crippen molar-refractivity contribution in [2.45, 2.75) is 31.8 Å². The Balaban J connectivity index is 4.84. The first-order valence-electron chi connectivity index (χ1n) is 3.45. The lowest BCUT2D eigenvalue weighted by molar-refractivity contribution is -0.110. The molecule has 0 aromatic heterocycles. The van der Waals surface area contributed by atoms with E-state index < -0.39 is 12.8 Å². The first-order valence-corrected chi connectivity index (χ1v) is 5.06. The highest BCUT2D eigenvalue weighted by molar-refractivity contribution is 7.54. The van der Waals surface area contributed by atoms with Gasteiger partial charge < -0.3 is 14.6 Å². The van der Waals surface area contributed by atoms with E-state index in [-0.39, 0.29) is 12.8 Å². The lowest BCUT2D eigenvalue weighted by Gasteiger charge is -2.25. The molecule has 0 fully saturated rings. The van der Waals surface area contributed by atoms with Crippen molar-refractivity contribution in [3.8, 4) is 0 Å². The Bertz CT molecular complexity index is 179. The van der Waals surface area contributed by atoms with Crippen LogP contribution in [0.4, 0.5) is 0 Å². The molecule has 0 heterocycles. The minimum absolute atomic E-state index is 0.178. The van der Waals surface area contributed by atoms with E-state index in [0.717, 1.165) is 0 Å². The van der Waals surface area contributed by atoms with Gasteiger partial charge in [0.25, 0.3) is 0 Å². The van der Waals surface area contributed by atoms with Gasteiger partial charge in [-0.1, -0.05) is 13.8 Å². The second-order valence-electron chi connectivity index (χ2n) is 2.47. The van der Waals surface area contributed by atoms with E-state index in [1.165, 1.54) is 0 Å². The quantitative estimate of drug-likeness (QED) is 0.498. The van der Waals surface area contributed by atoms with Crippen LogP contribution in [0.5, 0.6) is 0 Å². The number of carbonyl (C=O) groups is 1. The fraction of sp³-hybridized carbons (Fsp3) is 0.833. The van der Waals surface area contributed by atoms with E-state index >= 15 is 0 Å². The lowest BCUT2D eigenvalue weighted by Crippen LogP contribution is -2.28. The zero-order valence-electron chi connectivity index (χ0n) is 6.65. The molecular weight excluding hydrogens is 167 g/mol. The molecule has 2 N–H and O–H groups in total. The number of aldehydes is 1. The van der Waals surface area contributed by atoms with E-state index in [4.69, 9.17) is 9.79 Å². The van der Waals surface area contributed by atoms with Crippen molar-refractivity contribution in [2.24, 2.45) is 0 Å². The van der Waals surface area contributed by atoms with Crippen LogP contribution >= 0.6 is 7.60 Å². The van der Waals surface area contributed by atoms with Crippen LogP contribution in [-0.2, 0) is 9.36 Å². The van der Waals surface area contributed by atoms with Gasteiger partial charge in [-0.3, -0.25) is 4.57 Å². The third-order valence-electron chi connectivity index (χ3n) is 2.02. The Kier molecular flexibility index (Phi) is 3.42. The van der Waals surface area contributed by atoms with E-state index in [2.05, 4.69) is 0 Å². The Morgan fingerprint density at radius 1 is 1.36 bits per heavy atom. The van der Waals surface area contributed by atoms with Gasteiger partial charge in [-0.05, 0) is 12.8 Å². The summed E-state index contributed by atoms with van der Waals surface area (Å²) in [4.78, 5) is 28.1. The summed E-state index contributed by atoms with van der Waals surface area (Å²) in [5.74, 6) is 0. The molecule has 0 aromatic rings. The van der Waals surface area contributed by atoms with Crippen LogP contribution in [0.2, 0.25) is 0 Å². The SMILES string of the molecule is CCC(C=O)(CC)P(=O)(O)O. The average Bonchev–Trinajstić information content (AvgIpc) is 1.90. The van der Waals surface area contributed by atoms with Gasteiger partial charge in [0.15, 0.2) is 0 Å². The van der Waals surface area contributed by atoms with Gasteiger partial charge in [-0.25, -0.2) is 0 Å². The van der Waals surface area contributed by atoms with Gasteiger partial charge in [0.1, 0.15) is 11.4 Å². The fourth-order valence-corrected chi connectivity index (χ4v) is 1.86. The summed E-state index contributed by atoms with van der Waals surface area (Å²) in [5.41, 5.74) is 0. The molecule has 0 saturated carbocycles. The summed E-state index contributed by atoms with van der Waals surface area (Å²) in [5, 5.41) is -1.45. The molecule has 0 aliphatic carbocycles. The summed E-state index contributed by atoms with van der Waals surface area (Å²) < 4.78 is 10.8. The number of hydrogen-bond acceptors (Lipinski definition) is 2. The maximum Gasteiger partial charge on any atom is 0.338 e. The van der Waals surface area contributed by atoms with Crippen LogP contribution in [-0.4, -0.2) is 21.2 Å². The molecule has 11 heavy (non-hydrogen) atoms. The predicted molar refractivity (Wildman–Crippen MR) is 41.4 cm³/mol. The van der Waals surface area contributed by atoms with Crippen LogP contribution in [0.3, 0.4) is 0 Å². The van der Waals surface area contributed by atoms with Crippen LogP contribution in [0, 0.1) is 0 Å². The highest BCUT2D eigenvalue weighted by atomic mass is 31.2. The van der Waals surface area contributed by atoms with Gasteiger partial charge in [0.05, 0.1) is 0 Å². The predicted octanol–water partition coefficient (Wildman–Crippen LogP) is 0.922. The monoisotopic (exact) mass is 180 g/mol. The highest BCUT2D eigenvalue weighted by Gasteiger charge is 2.43. The topological polar surface area (TPSA) is 74.6 Å². The maximum atomic E-state index is 10.8. The Morgan fingerprint density at radius 2 is 1.73 bits per heavy atom. The van der Waals surface area contributed by atoms with Gasteiger partial charge in [0, 0.05) is 0 Å². The van der Waals surface area contributed by atoms with Crippen molar-refractivity contribution in [2.75, 3.05) is 0 Å². The summed E-state index contributed by atoms with van der Waals surface area (Å²) in [7, 11) is -4.27. The smallest absolute Gasteiger partial charge is 0.324 e. The largest absolute Gasteiger partial charge is 0.338 e. The van der Waals surface area contributed by atoms with E-state index in [0.29, 0.717) is 6.29 Å². The molecule has 0 bridgehead atoms. The number of carbonyl (C=O) groups excluding carboxylic acids is 1. The van der Waals surface area contributed by atoms with Crippen LogP contribution in [0.25, 0.3) is 0 Å². The van der Waals surface area contributed by atoms with Gasteiger partial charge in [0.2, 0.25) is 0 Å². The molecule has 0 amide bonds. The molecular formula is C6H13O4P. The Hall–Kier alpha value is -0.180. The summed E-state index contributed by atoms with van der Waals surface area (Å²) >= 11 is 0. The van der Waals surface area contributed by atoms with Crippen LogP contribution < -0.4 is 0 Å². The first kappa shape index (κ1) is 10.8. The molecule has 0 aliphatic heterocycles. The molecule has 0 aromatic carbocycles. The zero-order chi connectivity index (χ0) is 9.12. The van der Waals surface area contributed by atoms with Crippen molar-refractivity contribution in [3.05, 3.63) is 0 Å². The van der Waals surface area contributed by atoms with Gasteiger partial charge >= 0.3 is 7.60 Å². The normalized spacial score (nSPS) is 13.1. The molecule has 0 unspecified atom stereocenters. The average molecular weight is 180 g/mol. The van der Waals surface area contributed by atoms with E-state index in [1.807, 2.05) is 0 Å². The molecule has 0 aliphatic rings. The molecule has 66 valence electrons. The van der Waals surface area contributed by atoms with Crippen molar-refractivity contribution in [3.63, 3.8) is 0 Å². The highest BCUT2D eigenvalue weighted by Crippen LogP contribution is 2.52. The Labute approximate surface area is 65.8 Å². The third-order valence-corrected chi connectivity index (χ3v) is 3.92. The third kappa shape index (κ3) is 1.89. The van der Waals surface area contributed by atoms with E-state index in [9.17, 15) is 9.36 Å². The fourth-order valence-electron chi connectivity index (χ4n) is 0.897. The van der Waals surface area contributed by atoms with E-state index in [1.54, 1.807) is 13.8 Å². The second-order valence-corrected chi connectivity index (χ2v) is 4.45. The molecule has 0 radical (unpaired) electrons. The minimum atomic E-state index is -4.27. The first-order chi connectivity index (χ1) is 4.93. The van der Waals surface area contributed by atoms with Crippen molar-refractivity contribution < 1.29 is 19.1 Å². The van der Waals surface area contributed by atoms with Gasteiger partial charge in [-0.15, -0.1) is 0 Å². The Morgan fingerprint density at radius 3 is 1.73 bits per heavy atom. The summed E-state index contributed by atoms with van der Waals surface area (Å²) in [6, 6.07) is 0. The van der Waals surface area contributed by atoms with Crippen LogP contribution in [0.1, 0.15) is 26.7 Å². The molecule has 0 spiro atoms. The van der Waals surface area contributed by atoms with Crippen LogP contribution in [0.15, 0.2) is 0 Å². The summed E-state index contributed by atoms with van der Waals surface area (Å²) in [6.45, 7) is 3.19. The molecule has 5 heteroatoms. The number of hydrogen-bond donors (Lipinski definition) is 2. The van der Waals surface area contributed by atoms with Crippen molar-refractivity contribution in [1.29, 1.82) is 0 Å². The molecule has 0 atom stereocenters. The molecule has 0 rings (SSSR count). The maximum absolute atomic E-state index is 10.8. The minimum Gasteiger partial charge on any atom is -0.324 e. The standard InChI is InChI=1S/C6H13O4P/c1-3-6(4-2,5-7)11(8,9)10/h5H,3-4H2,1-2H3,(H2,8,9,10).